The summed E-state index contributed by atoms with van der Waals surface area (Å²) in [5.41, 5.74) is 24.1. The quantitative estimate of drug-likeness (QED) is 0.118. The highest BCUT2D eigenvalue weighted by atomic mass is 15.1. The molecule has 0 heterocycles. The molecule has 0 N–H and O–H groups in total. The van der Waals surface area contributed by atoms with Crippen molar-refractivity contribution in [3.05, 3.63) is 282 Å². The number of anilines is 3. The van der Waals surface area contributed by atoms with Crippen LogP contribution < -0.4 is 4.90 Å². The minimum atomic E-state index is -0.237. The van der Waals surface area contributed by atoms with Crippen molar-refractivity contribution < 1.29 is 0 Å². The van der Waals surface area contributed by atoms with Gasteiger partial charge in [-0.1, -0.05) is 245 Å². The van der Waals surface area contributed by atoms with Gasteiger partial charge < -0.3 is 4.90 Å². The predicted molar refractivity (Wildman–Crippen MR) is 305 cm³/mol. The third-order valence-electron chi connectivity index (χ3n) is 15.9. The van der Waals surface area contributed by atoms with Crippen molar-refractivity contribution in [1.29, 1.82) is 0 Å². The van der Waals surface area contributed by atoms with Crippen LogP contribution in [-0.4, -0.2) is 0 Å². The maximum atomic E-state index is 2.61. The summed E-state index contributed by atoms with van der Waals surface area (Å²) in [6.07, 6.45) is 7.42. The molecule has 1 saturated carbocycles. The molecule has 10 aromatic rings. The van der Waals surface area contributed by atoms with Gasteiger partial charge in [0, 0.05) is 28.4 Å². The summed E-state index contributed by atoms with van der Waals surface area (Å²) in [6.45, 7) is 4.96. The molecule has 2 aliphatic rings. The van der Waals surface area contributed by atoms with E-state index in [0.717, 1.165) is 17.8 Å². The van der Waals surface area contributed by atoms with Gasteiger partial charge in [0.15, 0.2) is 0 Å². The van der Waals surface area contributed by atoms with Gasteiger partial charge >= 0.3 is 0 Å². The summed E-state index contributed by atoms with van der Waals surface area (Å²) in [6, 6.07) is 92.9. The van der Waals surface area contributed by atoms with E-state index in [2.05, 4.69) is 267 Å². The number of benzene rings is 10. The van der Waals surface area contributed by atoms with E-state index in [4.69, 9.17) is 0 Å². The van der Waals surface area contributed by atoms with Crippen LogP contribution in [0.2, 0.25) is 0 Å². The minimum absolute atomic E-state index is 0.0497. The van der Waals surface area contributed by atoms with Gasteiger partial charge in [-0.2, -0.15) is 0 Å². The first-order valence-corrected chi connectivity index (χ1v) is 26.2. The summed E-state index contributed by atoms with van der Waals surface area (Å²) < 4.78 is 0. The first kappa shape index (κ1) is 45.2. The van der Waals surface area contributed by atoms with Crippen LogP contribution in [0.1, 0.15) is 91.2 Å². The maximum absolute atomic E-state index is 2.61. The number of hydrogen-bond acceptors (Lipinski definition) is 1. The molecule has 1 atom stereocenters. The Labute approximate surface area is 427 Å². The number of nitrogens with zero attached hydrogens (tertiary/aromatic N) is 1. The Morgan fingerprint density at radius 3 is 1.31 bits per heavy atom. The van der Waals surface area contributed by atoms with Crippen LogP contribution in [0, 0.1) is 0 Å². The van der Waals surface area contributed by atoms with E-state index in [-0.39, 0.29) is 11.3 Å². The van der Waals surface area contributed by atoms with Crippen molar-refractivity contribution in [2.24, 2.45) is 0 Å². The molecule has 1 unspecified atom stereocenters. The lowest BCUT2D eigenvalue weighted by Gasteiger charge is -2.31. The lowest BCUT2D eigenvalue weighted by atomic mass is 9.78. The highest BCUT2D eigenvalue weighted by molar-refractivity contribution is 5.89. The number of hydrogen-bond donors (Lipinski definition) is 0. The second kappa shape index (κ2) is 19.7. The van der Waals surface area contributed by atoms with E-state index in [1.165, 1.54) is 127 Å². The van der Waals surface area contributed by atoms with Crippen LogP contribution >= 0.6 is 0 Å². The maximum Gasteiger partial charge on any atom is 0.0468 e. The lowest BCUT2D eigenvalue weighted by molar-refractivity contribution is 0.443. The molecule has 1 fully saturated rings. The van der Waals surface area contributed by atoms with Gasteiger partial charge in [0.1, 0.15) is 0 Å². The van der Waals surface area contributed by atoms with Gasteiger partial charge in [0.2, 0.25) is 0 Å². The van der Waals surface area contributed by atoms with Crippen molar-refractivity contribution in [3.63, 3.8) is 0 Å². The van der Waals surface area contributed by atoms with E-state index < -0.39 is 0 Å². The Bertz CT molecular complexity index is 3340. The fourth-order valence-electron chi connectivity index (χ4n) is 11.9. The molecule has 2 aliphatic carbocycles. The Morgan fingerprint density at radius 2 is 0.833 bits per heavy atom. The van der Waals surface area contributed by atoms with Gasteiger partial charge in [-0.15, -0.1) is 0 Å². The zero-order valence-electron chi connectivity index (χ0n) is 41.5. The molecule has 72 heavy (non-hydrogen) atoms. The van der Waals surface area contributed by atoms with Gasteiger partial charge in [0.05, 0.1) is 0 Å². The van der Waals surface area contributed by atoms with Crippen LogP contribution in [0.5, 0.6) is 0 Å². The van der Waals surface area contributed by atoms with Gasteiger partial charge in [-0.3, -0.25) is 0 Å². The zero-order valence-corrected chi connectivity index (χ0v) is 41.5. The second-order valence-electron chi connectivity index (χ2n) is 20.7. The van der Waals surface area contributed by atoms with Crippen LogP contribution in [0.3, 0.4) is 0 Å². The van der Waals surface area contributed by atoms with Gasteiger partial charge in [-0.05, 0) is 151 Å². The minimum Gasteiger partial charge on any atom is -0.310 e. The van der Waals surface area contributed by atoms with Crippen LogP contribution in [-0.2, 0) is 11.8 Å². The average molecular weight is 928 g/mol. The van der Waals surface area contributed by atoms with Crippen molar-refractivity contribution in [2.75, 3.05) is 4.90 Å². The van der Waals surface area contributed by atoms with E-state index in [0.29, 0.717) is 5.92 Å². The van der Waals surface area contributed by atoms with Gasteiger partial charge in [-0.25, -0.2) is 0 Å². The first-order chi connectivity index (χ1) is 35.4. The summed E-state index contributed by atoms with van der Waals surface area (Å²) in [7, 11) is 0. The van der Waals surface area contributed by atoms with Crippen LogP contribution in [0.4, 0.5) is 17.1 Å². The third-order valence-corrected chi connectivity index (χ3v) is 15.9. The molecule has 0 amide bonds. The SMILES string of the molecule is CC1(C)c2cc(C3CCCCC3)ccc2-c2c(C(Cc3ccc(-c4ccccc4)cc3)c3ccc(-c4ccccc4)cc3)cc(N(c3ccc(-c4ccccc4)cc3)c3ccc(-c4ccccc4)cc3)cc21. The lowest BCUT2D eigenvalue weighted by Crippen LogP contribution is -2.18. The van der Waals surface area contributed by atoms with E-state index in [9.17, 15) is 0 Å². The molecule has 10 aromatic carbocycles. The standard InChI is InChI=1S/C71H61N/c1-71(2)68-47-61(55-26-16-7-17-27-55)40-45-65(68)70-67(66(60-34-32-57(33-35-60)52-20-10-4-11-21-52)46-50-28-30-56(31-29-50)51-18-8-3-9-19-51)48-64(49-69(70)71)72(62-41-36-58(37-42-62)53-22-12-5-13-23-53)63-43-38-59(39-44-63)54-24-14-6-15-25-54/h3-6,8-15,18-25,28-45,47-49,55,66H,7,16-17,26-27,46H2,1-2H3. The fraction of sp³-hybridized carbons (Fsp3) is 0.155. The normalized spacial score (nSPS) is 14.3. The highest BCUT2D eigenvalue weighted by Gasteiger charge is 2.40. The van der Waals surface area contributed by atoms with Crippen molar-refractivity contribution >= 4 is 17.1 Å². The molecule has 0 aromatic heterocycles. The molecular weight excluding hydrogens is 867 g/mol. The average Bonchev–Trinajstić information content (AvgIpc) is 3.69. The summed E-state index contributed by atoms with van der Waals surface area (Å²) in [4.78, 5) is 2.50. The van der Waals surface area contributed by atoms with Crippen molar-refractivity contribution in [1.82, 2.24) is 0 Å². The van der Waals surface area contributed by atoms with E-state index in [1.807, 2.05) is 0 Å². The van der Waals surface area contributed by atoms with Crippen molar-refractivity contribution in [3.8, 4) is 55.6 Å². The Balaban J connectivity index is 1.07. The summed E-state index contributed by atoms with van der Waals surface area (Å²) in [5.74, 6) is 0.676. The number of rotatable bonds is 12. The molecule has 1 nitrogen and oxygen atoms in total. The fourth-order valence-corrected chi connectivity index (χ4v) is 11.9. The molecule has 0 radical (unpaired) electrons. The monoisotopic (exact) mass is 927 g/mol. The second-order valence-corrected chi connectivity index (χ2v) is 20.7. The van der Waals surface area contributed by atoms with Crippen LogP contribution in [0.25, 0.3) is 55.6 Å². The first-order valence-electron chi connectivity index (χ1n) is 26.2. The van der Waals surface area contributed by atoms with Crippen molar-refractivity contribution in [2.45, 2.75) is 69.6 Å². The molecule has 0 saturated heterocycles. The van der Waals surface area contributed by atoms with Crippen LogP contribution in [0.15, 0.2) is 249 Å². The predicted octanol–water partition coefficient (Wildman–Crippen LogP) is 19.6. The molecule has 0 aliphatic heterocycles. The molecule has 0 spiro atoms. The smallest absolute Gasteiger partial charge is 0.0468 e. The molecule has 1 heteroatoms. The third kappa shape index (κ3) is 8.90. The largest absolute Gasteiger partial charge is 0.310 e. The van der Waals surface area contributed by atoms with E-state index >= 15 is 0 Å². The molecule has 350 valence electrons. The molecular formula is C71H61N. The molecule has 0 bridgehead atoms. The topological polar surface area (TPSA) is 3.24 Å². The van der Waals surface area contributed by atoms with E-state index in [1.54, 1.807) is 0 Å². The van der Waals surface area contributed by atoms with Gasteiger partial charge in [0.25, 0.3) is 0 Å². The zero-order chi connectivity index (χ0) is 48.4. The Kier molecular flexibility index (Phi) is 12.3. The summed E-state index contributed by atoms with van der Waals surface area (Å²) >= 11 is 0. The Hall–Kier alpha value is -8.00. The summed E-state index contributed by atoms with van der Waals surface area (Å²) in [5, 5.41) is 0. The highest BCUT2D eigenvalue weighted by Crippen LogP contribution is 2.55. The molecule has 12 rings (SSSR count). The Morgan fingerprint density at radius 1 is 0.403 bits per heavy atom. The number of fused-ring (bicyclic) bond motifs is 3.